The summed E-state index contributed by atoms with van der Waals surface area (Å²) in [5.41, 5.74) is 0. The van der Waals surface area contributed by atoms with E-state index >= 15 is 0 Å². The molecule has 0 amide bonds. The van der Waals surface area contributed by atoms with Gasteiger partial charge < -0.3 is 10.2 Å². The molecule has 1 aliphatic rings. The maximum atomic E-state index is 8.37. The van der Waals surface area contributed by atoms with Crippen molar-refractivity contribution >= 4 is 0 Å². The van der Waals surface area contributed by atoms with E-state index in [1.165, 1.54) is 25.8 Å². The molecule has 1 fully saturated rings. The predicted octanol–water partition coefficient (Wildman–Crippen LogP) is 1.36. The summed E-state index contributed by atoms with van der Waals surface area (Å²) in [5, 5.41) is 11.8. The molecule has 1 heterocycles. The SMILES string of the molecule is CN1CCCCC1CNCCCC#N. The maximum absolute atomic E-state index is 8.37. The zero-order valence-corrected chi connectivity index (χ0v) is 9.13. The van der Waals surface area contributed by atoms with Gasteiger partial charge in [-0.2, -0.15) is 5.26 Å². The number of rotatable bonds is 5. The third-order valence-electron chi connectivity index (χ3n) is 2.94. The van der Waals surface area contributed by atoms with Gasteiger partial charge in [-0.05, 0) is 39.4 Å². The van der Waals surface area contributed by atoms with E-state index in [0.29, 0.717) is 12.5 Å². The Kier molecular flexibility index (Phi) is 5.58. The van der Waals surface area contributed by atoms with Crippen LogP contribution < -0.4 is 5.32 Å². The average molecular weight is 195 g/mol. The lowest BCUT2D eigenvalue weighted by Gasteiger charge is -2.32. The quantitative estimate of drug-likeness (QED) is 0.673. The Bertz CT molecular complexity index is 185. The number of nitrogens with one attached hydrogen (secondary N) is 1. The minimum Gasteiger partial charge on any atom is -0.315 e. The van der Waals surface area contributed by atoms with Crippen LogP contribution in [0.5, 0.6) is 0 Å². The van der Waals surface area contributed by atoms with Gasteiger partial charge in [-0.25, -0.2) is 0 Å². The first-order valence-electron chi connectivity index (χ1n) is 5.62. The second-order valence-corrected chi connectivity index (χ2v) is 4.10. The highest BCUT2D eigenvalue weighted by atomic mass is 15.2. The first-order chi connectivity index (χ1) is 6.84. The van der Waals surface area contributed by atoms with Crippen LogP contribution in [-0.2, 0) is 0 Å². The van der Waals surface area contributed by atoms with Crippen molar-refractivity contribution in [2.75, 3.05) is 26.7 Å². The Balaban J connectivity index is 2.02. The van der Waals surface area contributed by atoms with Crippen molar-refractivity contribution in [3.8, 4) is 6.07 Å². The van der Waals surface area contributed by atoms with Crippen molar-refractivity contribution in [2.45, 2.75) is 38.1 Å². The molecule has 0 radical (unpaired) electrons. The Morgan fingerprint density at radius 2 is 2.36 bits per heavy atom. The number of nitriles is 1. The third kappa shape index (κ3) is 4.08. The molecule has 3 nitrogen and oxygen atoms in total. The number of piperidine rings is 1. The third-order valence-corrected chi connectivity index (χ3v) is 2.94. The molecule has 0 aromatic carbocycles. The summed E-state index contributed by atoms with van der Waals surface area (Å²) >= 11 is 0. The fourth-order valence-corrected chi connectivity index (χ4v) is 1.96. The number of nitrogens with zero attached hydrogens (tertiary/aromatic N) is 2. The molecule has 1 unspecified atom stereocenters. The molecule has 1 N–H and O–H groups in total. The highest BCUT2D eigenvalue weighted by Gasteiger charge is 2.17. The first kappa shape index (κ1) is 11.5. The first-order valence-corrected chi connectivity index (χ1v) is 5.62. The zero-order valence-electron chi connectivity index (χ0n) is 9.13. The summed E-state index contributed by atoms with van der Waals surface area (Å²) in [6, 6.07) is 2.88. The van der Waals surface area contributed by atoms with E-state index in [-0.39, 0.29) is 0 Å². The van der Waals surface area contributed by atoms with Gasteiger partial charge in [0.1, 0.15) is 0 Å². The van der Waals surface area contributed by atoms with Crippen LogP contribution in [0.1, 0.15) is 32.1 Å². The molecule has 0 saturated carbocycles. The molecule has 0 aromatic heterocycles. The molecule has 1 atom stereocenters. The van der Waals surface area contributed by atoms with Crippen LogP contribution in [-0.4, -0.2) is 37.6 Å². The maximum Gasteiger partial charge on any atom is 0.0622 e. The van der Waals surface area contributed by atoms with Gasteiger partial charge in [0, 0.05) is 19.0 Å². The number of hydrogen-bond acceptors (Lipinski definition) is 3. The van der Waals surface area contributed by atoms with Gasteiger partial charge >= 0.3 is 0 Å². The smallest absolute Gasteiger partial charge is 0.0622 e. The van der Waals surface area contributed by atoms with Crippen LogP contribution in [0.4, 0.5) is 0 Å². The number of likely N-dealkylation sites (tertiary alicyclic amines) is 1. The normalized spacial score (nSPS) is 23.3. The predicted molar refractivity (Wildman–Crippen MR) is 58.0 cm³/mol. The highest BCUT2D eigenvalue weighted by molar-refractivity contribution is 4.76. The van der Waals surface area contributed by atoms with Crippen LogP contribution in [0.15, 0.2) is 0 Å². The van der Waals surface area contributed by atoms with Crippen molar-refractivity contribution in [2.24, 2.45) is 0 Å². The molecule has 0 aromatic rings. The summed E-state index contributed by atoms with van der Waals surface area (Å²) < 4.78 is 0. The van der Waals surface area contributed by atoms with Gasteiger partial charge in [0.05, 0.1) is 6.07 Å². The molecule has 0 aliphatic carbocycles. The van der Waals surface area contributed by atoms with Gasteiger partial charge in [0.25, 0.3) is 0 Å². The molecular formula is C11H21N3. The van der Waals surface area contributed by atoms with Crippen LogP contribution in [0.3, 0.4) is 0 Å². The fraction of sp³-hybridized carbons (Fsp3) is 0.909. The van der Waals surface area contributed by atoms with E-state index in [2.05, 4.69) is 23.3 Å². The topological polar surface area (TPSA) is 39.1 Å². The van der Waals surface area contributed by atoms with Gasteiger partial charge in [0.15, 0.2) is 0 Å². The molecule has 1 saturated heterocycles. The monoisotopic (exact) mass is 195 g/mol. The van der Waals surface area contributed by atoms with E-state index in [1.54, 1.807) is 0 Å². The largest absolute Gasteiger partial charge is 0.315 e. The summed E-state index contributed by atoms with van der Waals surface area (Å²) in [6.07, 6.45) is 5.69. The lowest BCUT2D eigenvalue weighted by Crippen LogP contribution is -2.43. The Hall–Kier alpha value is -0.590. The van der Waals surface area contributed by atoms with Gasteiger partial charge in [-0.15, -0.1) is 0 Å². The minimum absolute atomic E-state index is 0.674. The molecular weight excluding hydrogens is 174 g/mol. The number of likely N-dealkylation sites (N-methyl/N-ethyl adjacent to an activating group) is 1. The number of hydrogen-bond donors (Lipinski definition) is 1. The van der Waals surface area contributed by atoms with E-state index in [4.69, 9.17) is 5.26 Å². The summed E-state index contributed by atoms with van der Waals surface area (Å²) in [5.74, 6) is 0. The Labute approximate surface area is 87.1 Å². The van der Waals surface area contributed by atoms with Gasteiger partial charge in [-0.3, -0.25) is 0 Å². The van der Waals surface area contributed by atoms with E-state index in [9.17, 15) is 0 Å². The van der Waals surface area contributed by atoms with Crippen LogP contribution in [0, 0.1) is 11.3 Å². The lowest BCUT2D eigenvalue weighted by molar-refractivity contribution is 0.182. The van der Waals surface area contributed by atoms with Crippen molar-refractivity contribution < 1.29 is 0 Å². The molecule has 80 valence electrons. The lowest BCUT2D eigenvalue weighted by atomic mass is 10.0. The van der Waals surface area contributed by atoms with Crippen molar-refractivity contribution in [1.29, 1.82) is 5.26 Å². The molecule has 0 spiro atoms. The average Bonchev–Trinajstić information content (AvgIpc) is 2.20. The van der Waals surface area contributed by atoms with Crippen LogP contribution >= 0.6 is 0 Å². The molecule has 14 heavy (non-hydrogen) atoms. The molecule has 0 bridgehead atoms. The van der Waals surface area contributed by atoms with Crippen LogP contribution in [0.2, 0.25) is 0 Å². The van der Waals surface area contributed by atoms with Gasteiger partial charge in [-0.1, -0.05) is 6.42 Å². The van der Waals surface area contributed by atoms with E-state index in [1.807, 2.05) is 0 Å². The Morgan fingerprint density at radius 3 is 3.07 bits per heavy atom. The Morgan fingerprint density at radius 1 is 1.50 bits per heavy atom. The molecule has 3 heteroatoms. The molecule has 1 aliphatic heterocycles. The van der Waals surface area contributed by atoms with Crippen molar-refractivity contribution in [3.63, 3.8) is 0 Å². The number of unbranched alkanes of at least 4 members (excludes halogenated alkanes) is 1. The second kappa shape index (κ2) is 6.80. The highest BCUT2D eigenvalue weighted by Crippen LogP contribution is 2.13. The van der Waals surface area contributed by atoms with Crippen molar-refractivity contribution in [3.05, 3.63) is 0 Å². The minimum atomic E-state index is 0.674. The van der Waals surface area contributed by atoms with E-state index in [0.717, 1.165) is 19.5 Å². The second-order valence-electron chi connectivity index (χ2n) is 4.10. The zero-order chi connectivity index (χ0) is 10.2. The standard InChI is InChI=1S/C11H21N3/c1-14-9-5-2-6-11(14)10-13-8-4-3-7-12/h11,13H,2-6,8-10H2,1H3. The van der Waals surface area contributed by atoms with E-state index < -0.39 is 0 Å². The summed E-state index contributed by atoms with van der Waals surface area (Å²) in [7, 11) is 2.21. The van der Waals surface area contributed by atoms with Gasteiger partial charge in [0.2, 0.25) is 0 Å². The fourth-order valence-electron chi connectivity index (χ4n) is 1.96. The van der Waals surface area contributed by atoms with Crippen molar-refractivity contribution in [1.82, 2.24) is 10.2 Å². The summed E-state index contributed by atoms with van der Waals surface area (Å²) in [4.78, 5) is 2.45. The van der Waals surface area contributed by atoms with Crippen LogP contribution in [0.25, 0.3) is 0 Å². The molecule has 1 rings (SSSR count). The summed E-state index contributed by atoms with van der Waals surface area (Å²) in [6.45, 7) is 3.31.